The van der Waals surface area contributed by atoms with E-state index in [2.05, 4.69) is 10.3 Å². The molecule has 0 spiro atoms. The molecule has 1 atom stereocenters. The van der Waals surface area contributed by atoms with Crippen LogP contribution < -0.4 is 10.9 Å². The van der Waals surface area contributed by atoms with Crippen molar-refractivity contribution in [3.05, 3.63) is 69.8 Å². The van der Waals surface area contributed by atoms with E-state index in [1.165, 1.54) is 21.8 Å². The maximum Gasteiger partial charge on any atom is 0.325 e. The van der Waals surface area contributed by atoms with Crippen LogP contribution in [-0.2, 0) is 16.9 Å². The van der Waals surface area contributed by atoms with Crippen molar-refractivity contribution < 1.29 is 14.0 Å². The smallest absolute Gasteiger partial charge is 0.325 e. The zero-order chi connectivity index (χ0) is 19.5. The maximum atomic E-state index is 13.1. The molecule has 5 rings (SSSR count). The second-order valence-corrected chi connectivity index (χ2v) is 7.61. The fraction of sp³-hybridized carbons (Fsp3) is 0.158. The largest absolute Gasteiger partial charge is 0.458 e. The summed E-state index contributed by atoms with van der Waals surface area (Å²) in [7, 11) is 0. The number of nitrogens with zero attached hydrogens (tertiary/aromatic N) is 3. The minimum atomic E-state index is -1.32. The number of rotatable bonds is 3. The summed E-state index contributed by atoms with van der Waals surface area (Å²) in [6, 6.07) is 9.91. The molecule has 140 valence electrons. The number of carbonyl (C=O) groups is 2. The number of urea groups is 1. The Balaban J connectivity index is 1.50. The number of carbonyl (C=O) groups excluding carboxylic acids is 2. The maximum absolute atomic E-state index is 13.1. The fourth-order valence-corrected chi connectivity index (χ4v) is 4.11. The van der Waals surface area contributed by atoms with Crippen molar-refractivity contribution in [2.45, 2.75) is 19.0 Å². The Bertz CT molecular complexity index is 1290. The van der Waals surface area contributed by atoms with Crippen LogP contribution in [0.25, 0.3) is 15.9 Å². The van der Waals surface area contributed by atoms with Crippen LogP contribution in [0.15, 0.2) is 57.2 Å². The summed E-state index contributed by atoms with van der Waals surface area (Å²) in [5.74, 6) is -0.0963. The Morgan fingerprint density at radius 2 is 2.04 bits per heavy atom. The summed E-state index contributed by atoms with van der Waals surface area (Å²) in [4.78, 5) is 43.7. The average molecular weight is 394 g/mol. The predicted octanol–water partition coefficient (Wildman–Crippen LogP) is 2.47. The Morgan fingerprint density at radius 3 is 2.86 bits per heavy atom. The van der Waals surface area contributed by atoms with Gasteiger partial charge in [-0.25, -0.2) is 9.78 Å². The predicted molar refractivity (Wildman–Crippen MR) is 102 cm³/mol. The Labute approximate surface area is 162 Å². The number of nitrogens with one attached hydrogen (secondary N) is 1. The summed E-state index contributed by atoms with van der Waals surface area (Å²) in [6.45, 7) is 1.51. The standard InChI is InChI=1S/C19H14N4O4S/c1-19(14-8-11-4-2-3-5-13(11)27-14)16(25)23(17(26)21-19)10-12-9-15(24)22-6-7-28-18(22)20-12/h2-9H,10H2,1H3,(H,21,26)/t19-/m0/s1. The van der Waals surface area contributed by atoms with Gasteiger partial charge in [0.1, 0.15) is 11.3 Å². The molecule has 0 aliphatic carbocycles. The second kappa shape index (κ2) is 5.77. The van der Waals surface area contributed by atoms with Gasteiger partial charge in [-0.2, -0.15) is 0 Å². The number of hydrogen-bond acceptors (Lipinski definition) is 6. The molecule has 8 nitrogen and oxygen atoms in total. The molecule has 1 saturated heterocycles. The molecule has 4 heterocycles. The molecule has 0 unspecified atom stereocenters. The van der Waals surface area contributed by atoms with Crippen LogP contribution in [0.1, 0.15) is 18.4 Å². The summed E-state index contributed by atoms with van der Waals surface area (Å²) in [5.41, 5.74) is -0.590. The van der Waals surface area contributed by atoms with E-state index < -0.39 is 17.5 Å². The quantitative estimate of drug-likeness (QED) is 0.539. The number of para-hydroxylation sites is 1. The zero-order valence-electron chi connectivity index (χ0n) is 14.7. The van der Waals surface area contributed by atoms with E-state index in [0.717, 1.165) is 10.3 Å². The summed E-state index contributed by atoms with van der Waals surface area (Å²) < 4.78 is 7.22. The lowest BCUT2D eigenvalue weighted by Crippen LogP contribution is -2.40. The van der Waals surface area contributed by atoms with Crippen LogP contribution in [0.2, 0.25) is 0 Å². The first-order chi connectivity index (χ1) is 13.5. The van der Waals surface area contributed by atoms with Gasteiger partial charge in [-0.1, -0.05) is 18.2 Å². The van der Waals surface area contributed by atoms with E-state index in [9.17, 15) is 14.4 Å². The van der Waals surface area contributed by atoms with Crippen molar-refractivity contribution in [3.63, 3.8) is 0 Å². The van der Waals surface area contributed by atoms with Crippen molar-refractivity contribution in [1.29, 1.82) is 0 Å². The molecule has 0 bridgehead atoms. The normalized spacial score (nSPS) is 19.7. The van der Waals surface area contributed by atoms with Crippen LogP contribution in [0.4, 0.5) is 4.79 Å². The molecule has 4 aromatic rings. The third kappa shape index (κ3) is 2.36. The van der Waals surface area contributed by atoms with E-state index in [0.29, 0.717) is 22.0 Å². The van der Waals surface area contributed by atoms with Crippen LogP contribution >= 0.6 is 11.3 Å². The van der Waals surface area contributed by atoms with E-state index in [1.54, 1.807) is 30.6 Å². The Hall–Kier alpha value is -3.46. The van der Waals surface area contributed by atoms with Crippen LogP contribution in [0.5, 0.6) is 0 Å². The molecule has 1 aromatic carbocycles. The van der Waals surface area contributed by atoms with E-state index in [4.69, 9.17) is 4.42 Å². The van der Waals surface area contributed by atoms with Crippen LogP contribution in [-0.4, -0.2) is 26.2 Å². The van der Waals surface area contributed by atoms with Crippen molar-refractivity contribution in [2.24, 2.45) is 0 Å². The number of thiazole rings is 1. The van der Waals surface area contributed by atoms with Gasteiger partial charge in [0, 0.05) is 23.0 Å². The minimum absolute atomic E-state index is 0.0931. The highest BCUT2D eigenvalue weighted by Gasteiger charge is 2.51. The highest BCUT2D eigenvalue weighted by Crippen LogP contribution is 2.33. The highest BCUT2D eigenvalue weighted by atomic mass is 32.1. The van der Waals surface area contributed by atoms with Crippen LogP contribution in [0.3, 0.4) is 0 Å². The first-order valence-corrected chi connectivity index (χ1v) is 9.43. The van der Waals surface area contributed by atoms with Gasteiger partial charge in [-0.15, -0.1) is 11.3 Å². The molecule has 1 N–H and O–H groups in total. The number of benzene rings is 1. The highest BCUT2D eigenvalue weighted by molar-refractivity contribution is 7.15. The van der Waals surface area contributed by atoms with Gasteiger partial charge in [-0.05, 0) is 19.1 Å². The summed E-state index contributed by atoms with van der Waals surface area (Å²) in [5, 5.41) is 5.30. The molecule has 9 heteroatoms. The van der Waals surface area contributed by atoms with Gasteiger partial charge in [-0.3, -0.25) is 18.9 Å². The molecule has 28 heavy (non-hydrogen) atoms. The van der Waals surface area contributed by atoms with Crippen molar-refractivity contribution >= 4 is 39.2 Å². The second-order valence-electron chi connectivity index (χ2n) is 6.74. The Morgan fingerprint density at radius 1 is 1.21 bits per heavy atom. The minimum Gasteiger partial charge on any atom is -0.458 e. The van der Waals surface area contributed by atoms with Crippen LogP contribution in [0, 0.1) is 0 Å². The van der Waals surface area contributed by atoms with E-state index in [1.807, 2.05) is 18.2 Å². The molecular weight excluding hydrogens is 380 g/mol. The lowest BCUT2D eigenvalue weighted by molar-refractivity contribution is -0.132. The first kappa shape index (κ1) is 16.7. The lowest BCUT2D eigenvalue weighted by Gasteiger charge is -2.18. The van der Waals surface area contributed by atoms with Gasteiger partial charge in [0.25, 0.3) is 11.5 Å². The van der Waals surface area contributed by atoms with Crippen molar-refractivity contribution in [2.75, 3.05) is 0 Å². The number of amides is 3. The van der Waals surface area contributed by atoms with Crippen molar-refractivity contribution in [3.8, 4) is 0 Å². The molecule has 3 amide bonds. The lowest BCUT2D eigenvalue weighted by atomic mass is 9.99. The molecule has 3 aromatic heterocycles. The van der Waals surface area contributed by atoms with Crippen molar-refractivity contribution in [1.82, 2.24) is 19.6 Å². The number of aromatic nitrogens is 2. The van der Waals surface area contributed by atoms with Gasteiger partial charge in [0.2, 0.25) is 0 Å². The summed E-state index contributed by atoms with van der Waals surface area (Å²) >= 11 is 1.31. The Kier molecular flexibility index (Phi) is 3.44. The molecular formula is C19H14N4O4S. The number of imide groups is 1. The topological polar surface area (TPSA) is 96.9 Å². The SMILES string of the molecule is C[C@@]1(c2cc3ccccc3o2)NC(=O)N(Cc2cc(=O)n3ccsc3n2)C1=O. The number of furan rings is 1. The molecule has 1 aliphatic rings. The average Bonchev–Trinajstić information content (AvgIpc) is 3.36. The summed E-state index contributed by atoms with van der Waals surface area (Å²) in [6.07, 6.45) is 1.63. The third-order valence-corrected chi connectivity index (χ3v) is 5.63. The first-order valence-electron chi connectivity index (χ1n) is 8.55. The van der Waals surface area contributed by atoms with Gasteiger partial charge >= 0.3 is 6.03 Å². The molecule has 0 radical (unpaired) electrons. The van der Waals surface area contributed by atoms with Gasteiger partial charge in [0.15, 0.2) is 10.5 Å². The van der Waals surface area contributed by atoms with Gasteiger partial charge < -0.3 is 9.73 Å². The van der Waals surface area contributed by atoms with Gasteiger partial charge in [0.05, 0.1) is 12.2 Å². The molecule has 0 saturated carbocycles. The van der Waals surface area contributed by atoms with E-state index in [-0.39, 0.29) is 12.1 Å². The monoisotopic (exact) mass is 394 g/mol. The molecule has 1 aliphatic heterocycles. The number of fused-ring (bicyclic) bond motifs is 2. The number of hydrogen-bond donors (Lipinski definition) is 1. The zero-order valence-corrected chi connectivity index (χ0v) is 15.5. The molecule has 1 fully saturated rings. The third-order valence-electron chi connectivity index (χ3n) is 4.87. The fourth-order valence-electron chi connectivity index (χ4n) is 3.37. The van der Waals surface area contributed by atoms with E-state index >= 15 is 0 Å².